The van der Waals surface area contributed by atoms with Gasteiger partial charge in [0.2, 0.25) is 0 Å². The van der Waals surface area contributed by atoms with Gasteiger partial charge in [-0.25, -0.2) is 0 Å². The van der Waals surface area contributed by atoms with Crippen LogP contribution >= 0.6 is 11.6 Å². The van der Waals surface area contributed by atoms with Crippen LogP contribution in [0.2, 0.25) is 5.02 Å². The number of carbonyl (C=O) groups excluding carboxylic acids is 1. The molecule has 0 fully saturated rings. The molecule has 0 saturated heterocycles. The van der Waals surface area contributed by atoms with Gasteiger partial charge in [-0.3, -0.25) is 4.79 Å². The largest absolute Gasteiger partial charge is 0.388 e. The molecule has 0 saturated carbocycles. The smallest absolute Gasteiger partial charge is 0.251 e. The molecular weight excluding hydrogens is 238 g/mol. The highest BCUT2D eigenvalue weighted by molar-refractivity contribution is 6.30. The van der Waals surface area contributed by atoms with E-state index in [1.54, 1.807) is 52.0 Å². The zero-order valence-corrected chi connectivity index (χ0v) is 11.3. The Morgan fingerprint density at radius 2 is 1.65 bits per heavy atom. The molecule has 0 aliphatic rings. The molecule has 0 spiro atoms. The normalized spacial score (nSPS) is 12.4. The molecule has 17 heavy (non-hydrogen) atoms. The Kier molecular flexibility index (Phi) is 3.84. The van der Waals surface area contributed by atoms with Crippen LogP contribution in [0.5, 0.6) is 0 Å². The lowest BCUT2D eigenvalue weighted by Crippen LogP contribution is -2.57. The number of rotatable bonds is 3. The van der Waals surface area contributed by atoms with E-state index in [4.69, 9.17) is 11.6 Å². The van der Waals surface area contributed by atoms with Crippen LogP contribution in [0.15, 0.2) is 24.3 Å². The van der Waals surface area contributed by atoms with Crippen LogP contribution in [0, 0.1) is 0 Å². The Hall–Kier alpha value is -1.06. The van der Waals surface area contributed by atoms with E-state index in [2.05, 4.69) is 5.32 Å². The summed E-state index contributed by atoms with van der Waals surface area (Å²) in [7, 11) is 0. The molecule has 0 aliphatic carbocycles. The number of halogens is 1. The average Bonchev–Trinajstić information content (AvgIpc) is 2.16. The van der Waals surface area contributed by atoms with Crippen molar-refractivity contribution in [3.8, 4) is 0 Å². The van der Waals surface area contributed by atoms with Gasteiger partial charge < -0.3 is 10.4 Å². The van der Waals surface area contributed by atoms with Gasteiger partial charge in [0.15, 0.2) is 0 Å². The molecule has 0 aliphatic heterocycles. The van der Waals surface area contributed by atoms with Crippen molar-refractivity contribution in [2.75, 3.05) is 0 Å². The number of aliphatic hydroxyl groups is 1. The highest BCUT2D eigenvalue weighted by Gasteiger charge is 2.36. The van der Waals surface area contributed by atoms with Gasteiger partial charge in [-0.1, -0.05) is 11.6 Å². The second-order valence-corrected chi connectivity index (χ2v) is 5.58. The Morgan fingerprint density at radius 3 is 2.06 bits per heavy atom. The van der Waals surface area contributed by atoms with E-state index in [0.29, 0.717) is 10.6 Å². The van der Waals surface area contributed by atoms with E-state index in [0.717, 1.165) is 0 Å². The average molecular weight is 256 g/mol. The standard InChI is InChI=1S/C13H18ClNO2/c1-12(2,13(3,4)17)15-11(16)9-5-7-10(14)8-6-9/h5-8,17H,1-4H3,(H,15,16). The molecule has 3 nitrogen and oxygen atoms in total. The number of nitrogens with one attached hydrogen (secondary N) is 1. The van der Waals surface area contributed by atoms with Crippen LogP contribution in [0.3, 0.4) is 0 Å². The third-order valence-corrected chi connectivity index (χ3v) is 3.31. The van der Waals surface area contributed by atoms with E-state index >= 15 is 0 Å². The van der Waals surface area contributed by atoms with Gasteiger partial charge in [-0.2, -0.15) is 0 Å². The SMILES string of the molecule is CC(C)(O)C(C)(C)NC(=O)c1ccc(Cl)cc1. The molecule has 1 aromatic carbocycles. The summed E-state index contributed by atoms with van der Waals surface area (Å²) in [6.45, 7) is 6.88. The molecule has 0 radical (unpaired) electrons. The summed E-state index contributed by atoms with van der Waals surface area (Å²) in [6, 6.07) is 6.62. The number of hydrogen-bond donors (Lipinski definition) is 2. The maximum Gasteiger partial charge on any atom is 0.251 e. The lowest BCUT2D eigenvalue weighted by molar-refractivity contribution is -0.00292. The van der Waals surface area contributed by atoms with Gasteiger partial charge in [-0.15, -0.1) is 0 Å². The molecule has 0 heterocycles. The zero-order chi connectivity index (χ0) is 13.3. The first-order valence-electron chi connectivity index (χ1n) is 5.44. The van der Waals surface area contributed by atoms with Crippen LogP contribution in [-0.2, 0) is 0 Å². The van der Waals surface area contributed by atoms with Crippen LogP contribution in [-0.4, -0.2) is 22.2 Å². The summed E-state index contributed by atoms with van der Waals surface area (Å²) in [5, 5.41) is 13.3. The number of carbonyl (C=O) groups is 1. The fourth-order valence-corrected chi connectivity index (χ4v) is 1.24. The van der Waals surface area contributed by atoms with Gasteiger partial charge in [0, 0.05) is 10.6 Å². The fraction of sp³-hybridized carbons (Fsp3) is 0.462. The van der Waals surface area contributed by atoms with Gasteiger partial charge in [0.25, 0.3) is 5.91 Å². The predicted octanol–water partition coefficient (Wildman–Crippen LogP) is 2.62. The molecule has 0 bridgehead atoms. The van der Waals surface area contributed by atoms with E-state index in [1.165, 1.54) is 0 Å². The lowest BCUT2D eigenvalue weighted by atomic mass is 9.86. The Morgan fingerprint density at radius 1 is 1.18 bits per heavy atom. The highest BCUT2D eigenvalue weighted by Crippen LogP contribution is 2.21. The first kappa shape index (κ1) is 14.0. The molecule has 2 N–H and O–H groups in total. The van der Waals surface area contributed by atoms with Gasteiger partial charge in [0.1, 0.15) is 0 Å². The molecule has 0 atom stereocenters. The Labute approximate surface area is 107 Å². The predicted molar refractivity (Wildman–Crippen MR) is 69.3 cm³/mol. The van der Waals surface area contributed by atoms with Crippen molar-refractivity contribution >= 4 is 17.5 Å². The van der Waals surface area contributed by atoms with Crippen molar-refractivity contribution in [2.24, 2.45) is 0 Å². The fourth-order valence-electron chi connectivity index (χ4n) is 1.11. The van der Waals surface area contributed by atoms with Crippen LogP contribution in [0.25, 0.3) is 0 Å². The molecule has 0 aromatic heterocycles. The summed E-state index contributed by atoms with van der Waals surface area (Å²) < 4.78 is 0. The van der Waals surface area contributed by atoms with Gasteiger partial charge in [0.05, 0.1) is 11.1 Å². The molecule has 4 heteroatoms. The third-order valence-electron chi connectivity index (χ3n) is 3.06. The minimum atomic E-state index is -1.00. The number of amides is 1. The van der Waals surface area contributed by atoms with Crippen molar-refractivity contribution in [1.82, 2.24) is 5.32 Å². The summed E-state index contributed by atoms with van der Waals surface area (Å²) in [6.07, 6.45) is 0. The minimum Gasteiger partial charge on any atom is -0.388 e. The molecule has 0 unspecified atom stereocenters. The maximum absolute atomic E-state index is 12.0. The van der Waals surface area contributed by atoms with E-state index in [1.807, 2.05) is 0 Å². The first-order chi connectivity index (χ1) is 7.63. The number of hydrogen-bond acceptors (Lipinski definition) is 2. The second-order valence-electron chi connectivity index (χ2n) is 5.15. The topological polar surface area (TPSA) is 49.3 Å². The number of benzene rings is 1. The van der Waals surface area contributed by atoms with Crippen molar-refractivity contribution < 1.29 is 9.90 Å². The molecule has 1 aromatic rings. The zero-order valence-electron chi connectivity index (χ0n) is 10.5. The van der Waals surface area contributed by atoms with E-state index in [9.17, 15) is 9.90 Å². The van der Waals surface area contributed by atoms with Crippen LogP contribution in [0.1, 0.15) is 38.1 Å². The first-order valence-corrected chi connectivity index (χ1v) is 5.82. The quantitative estimate of drug-likeness (QED) is 0.872. The third kappa shape index (κ3) is 3.45. The Bertz CT molecular complexity index is 404. The second kappa shape index (κ2) is 4.67. The molecule has 1 rings (SSSR count). The van der Waals surface area contributed by atoms with Crippen molar-refractivity contribution in [3.05, 3.63) is 34.9 Å². The summed E-state index contributed by atoms with van der Waals surface area (Å²) >= 11 is 5.75. The summed E-state index contributed by atoms with van der Waals surface area (Å²) in [4.78, 5) is 12.0. The van der Waals surface area contributed by atoms with Crippen molar-refractivity contribution in [3.63, 3.8) is 0 Å². The minimum absolute atomic E-state index is 0.228. The van der Waals surface area contributed by atoms with Crippen molar-refractivity contribution in [2.45, 2.75) is 38.8 Å². The monoisotopic (exact) mass is 255 g/mol. The highest BCUT2D eigenvalue weighted by atomic mass is 35.5. The van der Waals surface area contributed by atoms with E-state index < -0.39 is 11.1 Å². The van der Waals surface area contributed by atoms with Gasteiger partial charge >= 0.3 is 0 Å². The molecule has 94 valence electrons. The van der Waals surface area contributed by atoms with Crippen molar-refractivity contribution in [1.29, 1.82) is 0 Å². The van der Waals surface area contributed by atoms with Gasteiger partial charge in [-0.05, 0) is 52.0 Å². The van der Waals surface area contributed by atoms with Crippen LogP contribution in [0.4, 0.5) is 0 Å². The maximum atomic E-state index is 12.0. The molecular formula is C13H18ClNO2. The lowest BCUT2D eigenvalue weighted by Gasteiger charge is -2.38. The summed E-state index contributed by atoms with van der Waals surface area (Å²) in [5.74, 6) is -0.228. The van der Waals surface area contributed by atoms with Crippen LogP contribution < -0.4 is 5.32 Å². The molecule has 1 amide bonds. The summed E-state index contributed by atoms with van der Waals surface area (Å²) in [5.41, 5.74) is -1.20. The van der Waals surface area contributed by atoms with E-state index in [-0.39, 0.29) is 5.91 Å². The Balaban J connectivity index is 2.83.